The third kappa shape index (κ3) is 3.83. The van der Waals surface area contributed by atoms with Crippen LogP contribution in [0.3, 0.4) is 0 Å². The first-order chi connectivity index (χ1) is 12.4. The van der Waals surface area contributed by atoms with Crippen LogP contribution in [-0.2, 0) is 4.74 Å². The van der Waals surface area contributed by atoms with Crippen LogP contribution in [0.1, 0.15) is 41.1 Å². The number of ether oxygens (including phenoxy) is 1. The highest BCUT2D eigenvalue weighted by atomic mass is 16.5. The Bertz CT molecular complexity index is 656. The topological polar surface area (TPSA) is 61.8 Å². The van der Waals surface area contributed by atoms with Crippen LogP contribution in [0.4, 0.5) is 5.82 Å². The molecule has 3 heterocycles. The van der Waals surface area contributed by atoms with Crippen molar-refractivity contribution < 1.29 is 9.53 Å². The minimum absolute atomic E-state index is 0.0627. The molecule has 0 aromatic carbocycles. The van der Waals surface area contributed by atoms with Gasteiger partial charge in [-0.25, -0.2) is 9.97 Å². The summed E-state index contributed by atoms with van der Waals surface area (Å²) in [6.45, 7) is 7.33. The molecule has 26 heavy (non-hydrogen) atoms. The fourth-order valence-electron chi connectivity index (χ4n) is 3.81. The normalized spacial score (nSPS) is 21.7. The van der Waals surface area contributed by atoms with Gasteiger partial charge in [-0.05, 0) is 47.2 Å². The SMILES string of the molecule is COC1CCN(C(=O)c2nc(C)c(C)c(N3CC[C@@H](N(C)C)C3)n2)CC1. The van der Waals surface area contributed by atoms with Crippen molar-refractivity contribution in [1.82, 2.24) is 19.8 Å². The second-order valence-corrected chi connectivity index (χ2v) is 7.66. The van der Waals surface area contributed by atoms with E-state index in [9.17, 15) is 4.79 Å². The number of carbonyl (C=O) groups is 1. The van der Waals surface area contributed by atoms with E-state index in [0.29, 0.717) is 25.0 Å². The quantitative estimate of drug-likeness (QED) is 0.810. The zero-order valence-electron chi connectivity index (χ0n) is 16.7. The number of piperidine rings is 1. The second kappa shape index (κ2) is 7.88. The minimum Gasteiger partial charge on any atom is -0.381 e. The molecule has 0 spiro atoms. The van der Waals surface area contributed by atoms with E-state index in [1.165, 1.54) is 0 Å². The summed E-state index contributed by atoms with van der Waals surface area (Å²) in [7, 11) is 5.97. The van der Waals surface area contributed by atoms with Gasteiger partial charge in [0.2, 0.25) is 5.82 Å². The number of nitrogens with zero attached hydrogens (tertiary/aromatic N) is 5. The molecule has 0 bridgehead atoms. The first-order valence-corrected chi connectivity index (χ1v) is 9.49. The number of likely N-dealkylation sites (tertiary alicyclic amines) is 1. The highest BCUT2D eigenvalue weighted by Crippen LogP contribution is 2.26. The van der Waals surface area contributed by atoms with Crippen molar-refractivity contribution in [1.29, 1.82) is 0 Å². The molecule has 0 radical (unpaired) electrons. The van der Waals surface area contributed by atoms with Crippen LogP contribution in [-0.4, -0.2) is 85.2 Å². The van der Waals surface area contributed by atoms with Crippen LogP contribution < -0.4 is 4.90 Å². The molecule has 0 saturated carbocycles. The lowest BCUT2D eigenvalue weighted by Crippen LogP contribution is -2.41. The summed E-state index contributed by atoms with van der Waals surface area (Å²) in [6.07, 6.45) is 3.11. The van der Waals surface area contributed by atoms with Crippen molar-refractivity contribution in [3.8, 4) is 0 Å². The summed E-state index contributed by atoms with van der Waals surface area (Å²) < 4.78 is 5.40. The van der Waals surface area contributed by atoms with E-state index in [-0.39, 0.29) is 12.0 Å². The van der Waals surface area contributed by atoms with E-state index in [0.717, 1.165) is 49.4 Å². The average Bonchev–Trinajstić information content (AvgIpc) is 3.13. The molecule has 0 N–H and O–H groups in total. The van der Waals surface area contributed by atoms with Crippen LogP contribution >= 0.6 is 0 Å². The Kier molecular flexibility index (Phi) is 5.77. The van der Waals surface area contributed by atoms with Gasteiger partial charge in [0, 0.05) is 50.6 Å². The largest absolute Gasteiger partial charge is 0.381 e. The lowest BCUT2D eigenvalue weighted by atomic mass is 10.1. The number of hydrogen-bond acceptors (Lipinski definition) is 6. The van der Waals surface area contributed by atoms with Crippen molar-refractivity contribution in [2.24, 2.45) is 0 Å². The van der Waals surface area contributed by atoms with E-state index < -0.39 is 0 Å². The van der Waals surface area contributed by atoms with Gasteiger partial charge in [0.05, 0.1) is 6.10 Å². The van der Waals surface area contributed by atoms with E-state index in [2.05, 4.69) is 28.9 Å². The molecule has 2 aliphatic heterocycles. The fourth-order valence-corrected chi connectivity index (χ4v) is 3.81. The van der Waals surface area contributed by atoms with Gasteiger partial charge in [-0.1, -0.05) is 0 Å². The smallest absolute Gasteiger partial charge is 0.291 e. The van der Waals surface area contributed by atoms with Crippen LogP contribution in [0.15, 0.2) is 0 Å². The molecule has 2 fully saturated rings. The van der Waals surface area contributed by atoms with Gasteiger partial charge >= 0.3 is 0 Å². The number of rotatable bonds is 4. The Labute approximate surface area is 156 Å². The molecule has 0 unspecified atom stereocenters. The third-order valence-electron chi connectivity index (χ3n) is 5.81. The van der Waals surface area contributed by atoms with Crippen LogP contribution in [0.25, 0.3) is 0 Å². The maximum Gasteiger partial charge on any atom is 0.291 e. The first-order valence-electron chi connectivity index (χ1n) is 9.49. The van der Waals surface area contributed by atoms with Crippen molar-refractivity contribution in [2.45, 2.75) is 45.3 Å². The van der Waals surface area contributed by atoms with Gasteiger partial charge in [0.1, 0.15) is 5.82 Å². The van der Waals surface area contributed by atoms with Crippen molar-refractivity contribution in [3.05, 3.63) is 17.1 Å². The average molecular weight is 361 g/mol. The van der Waals surface area contributed by atoms with E-state index in [1.807, 2.05) is 18.7 Å². The molecule has 2 aliphatic rings. The number of amides is 1. The Hall–Kier alpha value is -1.73. The van der Waals surface area contributed by atoms with Crippen LogP contribution in [0.5, 0.6) is 0 Å². The van der Waals surface area contributed by atoms with Gasteiger partial charge in [0.25, 0.3) is 5.91 Å². The molecular formula is C19H31N5O2. The molecule has 7 nitrogen and oxygen atoms in total. The van der Waals surface area contributed by atoms with Gasteiger partial charge in [0.15, 0.2) is 0 Å². The molecule has 3 rings (SSSR count). The highest BCUT2D eigenvalue weighted by Gasteiger charge is 2.29. The van der Waals surface area contributed by atoms with Crippen molar-refractivity contribution in [3.63, 3.8) is 0 Å². The maximum atomic E-state index is 12.9. The van der Waals surface area contributed by atoms with Gasteiger partial charge in [-0.2, -0.15) is 0 Å². The van der Waals surface area contributed by atoms with Crippen LogP contribution in [0, 0.1) is 13.8 Å². The van der Waals surface area contributed by atoms with Crippen molar-refractivity contribution in [2.75, 3.05) is 52.3 Å². The number of aromatic nitrogens is 2. The maximum absolute atomic E-state index is 12.9. The molecule has 1 atom stereocenters. The molecule has 7 heteroatoms. The first kappa shape index (κ1) is 19.0. The zero-order valence-corrected chi connectivity index (χ0v) is 16.7. The van der Waals surface area contributed by atoms with E-state index in [1.54, 1.807) is 7.11 Å². The summed E-state index contributed by atoms with van der Waals surface area (Å²) in [6, 6.07) is 0.525. The molecule has 144 valence electrons. The van der Waals surface area contributed by atoms with Gasteiger partial charge < -0.3 is 19.4 Å². The Balaban J connectivity index is 1.79. The van der Waals surface area contributed by atoms with E-state index >= 15 is 0 Å². The summed E-state index contributed by atoms with van der Waals surface area (Å²) in [5, 5.41) is 0. The minimum atomic E-state index is -0.0627. The van der Waals surface area contributed by atoms with Gasteiger partial charge in [-0.15, -0.1) is 0 Å². The third-order valence-corrected chi connectivity index (χ3v) is 5.81. The Morgan fingerprint density at radius 3 is 2.38 bits per heavy atom. The Morgan fingerprint density at radius 1 is 1.12 bits per heavy atom. The lowest BCUT2D eigenvalue weighted by Gasteiger charge is -2.31. The zero-order chi connectivity index (χ0) is 18.8. The monoisotopic (exact) mass is 361 g/mol. The number of aryl methyl sites for hydroxylation is 1. The molecule has 1 aromatic heterocycles. The lowest BCUT2D eigenvalue weighted by molar-refractivity contribution is 0.0344. The molecule has 0 aliphatic carbocycles. The fraction of sp³-hybridized carbons (Fsp3) is 0.737. The number of methoxy groups -OCH3 is 1. The van der Waals surface area contributed by atoms with Crippen molar-refractivity contribution >= 4 is 11.7 Å². The molecule has 1 aromatic rings. The summed E-state index contributed by atoms with van der Waals surface area (Å²) >= 11 is 0. The molecule has 2 saturated heterocycles. The summed E-state index contributed by atoms with van der Waals surface area (Å²) in [4.78, 5) is 28.5. The number of anilines is 1. The number of likely N-dealkylation sites (N-methyl/N-ethyl adjacent to an activating group) is 1. The van der Waals surface area contributed by atoms with Gasteiger partial charge in [-0.3, -0.25) is 4.79 Å². The predicted molar refractivity (Wildman–Crippen MR) is 102 cm³/mol. The number of carbonyl (C=O) groups excluding carboxylic acids is 1. The molecular weight excluding hydrogens is 330 g/mol. The predicted octanol–water partition coefficient (Wildman–Crippen LogP) is 1.48. The number of hydrogen-bond donors (Lipinski definition) is 0. The van der Waals surface area contributed by atoms with Crippen LogP contribution in [0.2, 0.25) is 0 Å². The highest BCUT2D eigenvalue weighted by molar-refractivity contribution is 5.91. The Morgan fingerprint density at radius 2 is 1.81 bits per heavy atom. The standard InChI is InChI=1S/C19H31N5O2/c1-13-14(2)20-17(19(25)23-10-7-16(26-5)8-11-23)21-18(13)24-9-6-15(12-24)22(3)4/h15-16H,6-12H2,1-5H3/t15-/m1/s1. The summed E-state index contributed by atoms with van der Waals surface area (Å²) in [5.41, 5.74) is 1.96. The van der Waals surface area contributed by atoms with E-state index in [4.69, 9.17) is 9.72 Å². The summed E-state index contributed by atoms with van der Waals surface area (Å²) in [5.74, 6) is 1.18. The molecule has 1 amide bonds. The second-order valence-electron chi connectivity index (χ2n) is 7.66.